The molecule has 1 rings (SSSR count). The van der Waals surface area contributed by atoms with Crippen molar-refractivity contribution in [1.82, 2.24) is 9.97 Å². The third kappa shape index (κ3) is 2.50. The minimum Gasteiger partial charge on any atom is -0.339 e. The van der Waals surface area contributed by atoms with Gasteiger partial charge in [-0.3, -0.25) is 0 Å². The van der Waals surface area contributed by atoms with Crippen LogP contribution in [0.25, 0.3) is 0 Å². The summed E-state index contributed by atoms with van der Waals surface area (Å²) >= 11 is 0. The van der Waals surface area contributed by atoms with Crippen LogP contribution in [-0.4, -0.2) is 22.6 Å². The highest BCUT2D eigenvalue weighted by Gasteiger charge is 2.23. The quantitative estimate of drug-likeness (QED) is 0.845. The lowest BCUT2D eigenvalue weighted by molar-refractivity contribution is 0.462. The van der Waals surface area contributed by atoms with Crippen LogP contribution < -0.4 is 10.6 Å². The van der Waals surface area contributed by atoms with Gasteiger partial charge < -0.3 is 10.6 Å². The molecule has 4 heteroatoms. The molecule has 0 radical (unpaired) electrons. The van der Waals surface area contributed by atoms with E-state index in [4.69, 9.17) is 5.73 Å². The number of hydrogen-bond donors (Lipinski definition) is 1. The Morgan fingerprint density at radius 2 is 2.06 bits per heavy atom. The fraction of sp³-hybridized carbons (Fsp3) is 0.667. The predicted molar refractivity (Wildman–Crippen MR) is 67.4 cm³/mol. The van der Waals surface area contributed by atoms with Crippen LogP contribution in [0.1, 0.15) is 38.4 Å². The van der Waals surface area contributed by atoms with Crippen molar-refractivity contribution in [2.24, 2.45) is 5.73 Å². The summed E-state index contributed by atoms with van der Waals surface area (Å²) in [6.45, 7) is 9.00. The van der Waals surface area contributed by atoms with E-state index >= 15 is 0 Å². The zero-order valence-electron chi connectivity index (χ0n) is 10.9. The summed E-state index contributed by atoms with van der Waals surface area (Å²) in [5.41, 5.74) is 7.63. The van der Waals surface area contributed by atoms with Gasteiger partial charge in [-0.15, -0.1) is 0 Å². The Morgan fingerprint density at radius 3 is 2.50 bits per heavy atom. The normalized spacial score (nSPS) is 11.6. The lowest BCUT2D eigenvalue weighted by Gasteiger charge is -2.35. The van der Waals surface area contributed by atoms with E-state index in [1.165, 1.54) is 0 Å². The SMILES string of the molecule is CCC(C)(C)N(C)c1ncc(CN)c(C)n1. The van der Waals surface area contributed by atoms with Gasteiger partial charge in [0.05, 0.1) is 0 Å². The summed E-state index contributed by atoms with van der Waals surface area (Å²) in [5, 5.41) is 0. The van der Waals surface area contributed by atoms with Crippen LogP contribution in [0.3, 0.4) is 0 Å². The lowest BCUT2D eigenvalue weighted by Crippen LogP contribution is -2.41. The Morgan fingerprint density at radius 1 is 1.44 bits per heavy atom. The second-order valence-corrected chi connectivity index (χ2v) is 4.71. The monoisotopic (exact) mass is 222 g/mol. The molecule has 0 aliphatic rings. The minimum absolute atomic E-state index is 0.0661. The summed E-state index contributed by atoms with van der Waals surface area (Å²) in [4.78, 5) is 11.0. The molecule has 90 valence electrons. The molecule has 1 heterocycles. The van der Waals surface area contributed by atoms with Crippen LogP contribution in [-0.2, 0) is 6.54 Å². The molecule has 16 heavy (non-hydrogen) atoms. The van der Waals surface area contributed by atoms with Gasteiger partial charge in [-0.1, -0.05) is 6.92 Å². The molecular weight excluding hydrogens is 200 g/mol. The van der Waals surface area contributed by atoms with Gasteiger partial charge in [0, 0.05) is 36.6 Å². The number of aromatic nitrogens is 2. The van der Waals surface area contributed by atoms with Crippen molar-refractivity contribution in [3.8, 4) is 0 Å². The summed E-state index contributed by atoms with van der Waals surface area (Å²) in [7, 11) is 2.03. The number of rotatable bonds is 4. The second kappa shape index (κ2) is 4.78. The standard InChI is InChI=1S/C12H22N4/c1-6-12(3,4)16(5)11-14-8-10(7-13)9(2)15-11/h8H,6-7,13H2,1-5H3. The Hall–Kier alpha value is -1.16. The molecule has 0 unspecified atom stereocenters. The molecule has 1 aromatic rings. The fourth-order valence-electron chi connectivity index (χ4n) is 1.35. The van der Waals surface area contributed by atoms with Crippen molar-refractivity contribution in [1.29, 1.82) is 0 Å². The summed E-state index contributed by atoms with van der Waals surface area (Å²) in [6, 6.07) is 0. The highest BCUT2D eigenvalue weighted by atomic mass is 15.3. The van der Waals surface area contributed by atoms with Crippen molar-refractivity contribution in [3.63, 3.8) is 0 Å². The first-order chi connectivity index (χ1) is 7.42. The van der Waals surface area contributed by atoms with Crippen LogP contribution in [0.4, 0.5) is 5.95 Å². The second-order valence-electron chi connectivity index (χ2n) is 4.71. The third-order valence-corrected chi connectivity index (χ3v) is 3.36. The topological polar surface area (TPSA) is 55.0 Å². The number of nitrogens with two attached hydrogens (primary N) is 1. The van der Waals surface area contributed by atoms with Crippen LogP contribution in [0.15, 0.2) is 6.20 Å². The largest absolute Gasteiger partial charge is 0.339 e. The molecule has 0 bridgehead atoms. The average Bonchev–Trinajstić information content (AvgIpc) is 2.27. The van der Waals surface area contributed by atoms with Gasteiger partial charge in [-0.05, 0) is 27.2 Å². The molecule has 0 amide bonds. The first kappa shape index (κ1) is 12.9. The Balaban J connectivity index is 3.02. The van der Waals surface area contributed by atoms with Crippen LogP contribution in [0.2, 0.25) is 0 Å². The maximum absolute atomic E-state index is 5.60. The van der Waals surface area contributed by atoms with E-state index in [-0.39, 0.29) is 5.54 Å². The smallest absolute Gasteiger partial charge is 0.225 e. The third-order valence-electron chi connectivity index (χ3n) is 3.36. The molecule has 0 aliphatic carbocycles. The van der Waals surface area contributed by atoms with Gasteiger partial charge in [-0.25, -0.2) is 9.97 Å². The van der Waals surface area contributed by atoms with Crippen molar-refractivity contribution < 1.29 is 0 Å². The Labute approximate surface area is 97.9 Å². The molecule has 0 saturated heterocycles. The molecule has 0 saturated carbocycles. The molecule has 4 nitrogen and oxygen atoms in total. The van der Waals surface area contributed by atoms with Crippen LogP contribution in [0, 0.1) is 6.92 Å². The van der Waals surface area contributed by atoms with E-state index in [2.05, 4.69) is 35.6 Å². The van der Waals surface area contributed by atoms with Crippen molar-refractivity contribution >= 4 is 5.95 Å². The van der Waals surface area contributed by atoms with Crippen LogP contribution >= 0.6 is 0 Å². The number of hydrogen-bond acceptors (Lipinski definition) is 4. The molecule has 2 N–H and O–H groups in total. The zero-order chi connectivity index (χ0) is 12.3. The number of aryl methyl sites for hydroxylation is 1. The summed E-state index contributed by atoms with van der Waals surface area (Å²) in [6.07, 6.45) is 2.87. The van der Waals surface area contributed by atoms with Gasteiger partial charge in [0.1, 0.15) is 0 Å². The summed E-state index contributed by atoms with van der Waals surface area (Å²) < 4.78 is 0. The fourth-order valence-corrected chi connectivity index (χ4v) is 1.35. The van der Waals surface area contributed by atoms with Crippen LogP contribution in [0.5, 0.6) is 0 Å². The Bertz CT molecular complexity index is 360. The van der Waals surface area contributed by atoms with E-state index in [0.29, 0.717) is 6.54 Å². The molecule has 0 fully saturated rings. The number of anilines is 1. The van der Waals surface area contributed by atoms with Crippen molar-refractivity contribution in [2.75, 3.05) is 11.9 Å². The van der Waals surface area contributed by atoms with Gasteiger partial charge >= 0.3 is 0 Å². The molecule has 0 aliphatic heterocycles. The molecule has 0 aromatic carbocycles. The van der Waals surface area contributed by atoms with Gasteiger partial charge in [0.2, 0.25) is 5.95 Å². The maximum atomic E-state index is 5.60. The van der Waals surface area contributed by atoms with Gasteiger partial charge in [0.25, 0.3) is 0 Å². The lowest BCUT2D eigenvalue weighted by atomic mass is 10.0. The van der Waals surface area contributed by atoms with E-state index in [9.17, 15) is 0 Å². The first-order valence-electron chi connectivity index (χ1n) is 5.68. The van der Waals surface area contributed by atoms with Gasteiger partial charge in [0.15, 0.2) is 0 Å². The minimum atomic E-state index is 0.0661. The zero-order valence-corrected chi connectivity index (χ0v) is 10.9. The predicted octanol–water partition coefficient (Wildman–Crippen LogP) is 1.87. The van der Waals surface area contributed by atoms with E-state index in [1.807, 2.05) is 20.2 Å². The van der Waals surface area contributed by atoms with E-state index in [0.717, 1.165) is 23.6 Å². The average molecular weight is 222 g/mol. The Kier molecular flexibility index (Phi) is 3.86. The van der Waals surface area contributed by atoms with Crippen molar-refractivity contribution in [3.05, 3.63) is 17.5 Å². The van der Waals surface area contributed by atoms with Gasteiger partial charge in [-0.2, -0.15) is 0 Å². The molecular formula is C12H22N4. The summed E-state index contributed by atoms with van der Waals surface area (Å²) in [5.74, 6) is 0.765. The first-order valence-corrected chi connectivity index (χ1v) is 5.68. The van der Waals surface area contributed by atoms with Crippen molar-refractivity contribution in [2.45, 2.75) is 46.2 Å². The molecule has 1 aromatic heterocycles. The maximum Gasteiger partial charge on any atom is 0.225 e. The molecule has 0 spiro atoms. The molecule has 0 atom stereocenters. The van der Waals surface area contributed by atoms with E-state index in [1.54, 1.807) is 0 Å². The number of nitrogens with zero attached hydrogens (tertiary/aromatic N) is 3. The highest BCUT2D eigenvalue weighted by molar-refractivity contribution is 5.35. The highest BCUT2D eigenvalue weighted by Crippen LogP contribution is 2.21. The van der Waals surface area contributed by atoms with E-state index < -0.39 is 0 Å².